The lowest BCUT2D eigenvalue weighted by atomic mass is 10.3. The van der Waals surface area contributed by atoms with E-state index in [4.69, 9.17) is 9.15 Å². The van der Waals surface area contributed by atoms with Gasteiger partial charge in [0.25, 0.3) is 0 Å². The van der Waals surface area contributed by atoms with E-state index in [1.165, 1.54) is 6.26 Å². The van der Waals surface area contributed by atoms with Crippen molar-refractivity contribution in [2.45, 2.75) is 20.0 Å². The lowest BCUT2D eigenvalue weighted by Gasteiger charge is -1.99. The first-order valence-electron chi connectivity index (χ1n) is 3.97. The Balaban J connectivity index is 2.45. The van der Waals surface area contributed by atoms with Crippen molar-refractivity contribution in [2.75, 3.05) is 6.61 Å². The van der Waals surface area contributed by atoms with Gasteiger partial charge in [-0.3, -0.25) is 4.79 Å². The Morgan fingerprint density at radius 2 is 2.50 bits per heavy atom. The molecule has 0 atom stereocenters. The first kappa shape index (κ1) is 9.00. The fraction of sp³-hybridized carbons (Fsp3) is 0.444. The highest BCUT2D eigenvalue weighted by molar-refractivity contribution is 5.72. The Bertz CT molecular complexity index is 240. The molecule has 0 fully saturated rings. The summed E-state index contributed by atoms with van der Waals surface area (Å²) >= 11 is 0. The Morgan fingerprint density at radius 1 is 1.67 bits per heavy atom. The molecule has 12 heavy (non-hydrogen) atoms. The molecule has 0 saturated heterocycles. The van der Waals surface area contributed by atoms with Gasteiger partial charge in [-0.15, -0.1) is 0 Å². The van der Waals surface area contributed by atoms with E-state index in [9.17, 15) is 4.79 Å². The van der Waals surface area contributed by atoms with E-state index in [1.54, 1.807) is 6.07 Å². The molecule has 0 aliphatic heterocycles. The molecule has 66 valence electrons. The molecule has 3 heteroatoms. The third kappa shape index (κ3) is 2.20. The van der Waals surface area contributed by atoms with E-state index in [2.05, 4.69) is 0 Å². The Morgan fingerprint density at radius 3 is 3.17 bits per heavy atom. The van der Waals surface area contributed by atoms with Gasteiger partial charge in [-0.25, -0.2) is 0 Å². The molecule has 0 bridgehead atoms. The lowest BCUT2D eigenvalue weighted by molar-refractivity contribution is 0.107. The zero-order valence-corrected chi connectivity index (χ0v) is 7.08. The molecular formula is C9H12O3. The highest BCUT2D eigenvalue weighted by Crippen LogP contribution is 2.08. The van der Waals surface area contributed by atoms with Crippen LogP contribution in [0.4, 0.5) is 0 Å². The Labute approximate surface area is 71.3 Å². The van der Waals surface area contributed by atoms with E-state index < -0.39 is 0 Å². The van der Waals surface area contributed by atoms with E-state index >= 15 is 0 Å². The number of carbonyl (C=O) groups excluding carboxylic acids is 1. The molecule has 1 aromatic rings. The van der Waals surface area contributed by atoms with Crippen molar-refractivity contribution in [3.8, 4) is 0 Å². The number of hydrogen-bond acceptors (Lipinski definition) is 3. The van der Waals surface area contributed by atoms with Gasteiger partial charge >= 0.3 is 0 Å². The summed E-state index contributed by atoms with van der Waals surface area (Å²) in [6.45, 7) is 3.21. The van der Waals surface area contributed by atoms with Crippen LogP contribution in [0.1, 0.15) is 29.5 Å². The highest BCUT2D eigenvalue weighted by Gasteiger charge is 2.03. The summed E-state index contributed by atoms with van der Waals surface area (Å²) < 4.78 is 10.1. The zero-order valence-electron chi connectivity index (χ0n) is 7.08. The second-order valence-electron chi connectivity index (χ2n) is 2.48. The van der Waals surface area contributed by atoms with Gasteiger partial charge in [0.15, 0.2) is 12.0 Å². The number of rotatable bonds is 5. The summed E-state index contributed by atoms with van der Waals surface area (Å²) in [5.74, 6) is 0.367. The first-order valence-corrected chi connectivity index (χ1v) is 3.97. The highest BCUT2D eigenvalue weighted by atomic mass is 16.5. The molecule has 0 spiro atoms. The van der Waals surface area contributed by atoms with Crippen LogP contribution in [0.15, 0.2) is 16.7 Å². The van der Waals surface area contributed by atoms with Crippen molar-refractivity contribution in [1.82, 2.24) is 0 Å². The molecule has 0 aromatic carbocycles. The fourth-order valence-electron chi connectivity index (χ4n) is 0.896. The second-order valence-corrected chi connectivity index (χ2v) is 2.48. The van der Waals surface area contributed by atoms with E-state index in [1.807, 2.05) is 6.92 Å². The third-order valence-electron chi connectivity index (χ3n) is 1.49. The average Bonchev–Trinajstić information content (AvgIpc) is 2.52. The van der Waals surface area contributed by atoms with Crippen molar-refractivity contribution >= 4 is 6.29 Å². The molecular weight excluding hydrogens is 156 g/mol. The lowest BCUT2D eigenvalue weighted by Crippen LogP contribution is -1.95. The van der Waals surface area contributed by atoms with Crippen molar-refractivity contribution in [2.24, 2.45) is 0 Å². The van der Waals surface area contributed by atoms with Crippen LogP contribution in [-0.2, 0) is 11.3 Å². The summed E-state index contributed by atoms with van der Waals surface area (Å²) in [6, 6.07) is 1.75. The van der Waals surface area contributed by atoms with Crippen molar-refractivity contribution in [1.29, 1.82) is 0 Å². The van der Waals surface area contributed by atoms with Gasteiger partial charge in [-0.05, 0) is 12.5 Å². The normalized spacial score (nSPS) is 10.1. The summed E-state index contributed by atoms with van der Waals surface area (Å²) in [5, 5.41) is 0. The molecule has 1 heterocycles. The van der Waals surface area contributed by atoms with Crippen molar-refractivity contribution < 1.29 is 13.9 Å². The maximum atomic E-state index is 10.4. The smallest absolute Gasteiger partial charge is 0.185 e. The van der Waals surface area contributed by atoms with Crippen LogP contribution in [0.25, 0.3) is 0 Å². The molecule has 1 aromatic heterocycles. The Hall–Kier alpha value is -1.09. The molecule has 0 aliphatic rings. The third-order valence-corrected chi connectivity index (χ3v) is 1.49. The predicted octanol–water partition coefficient (Wildman–Crippen LogP) is 2.02. The topological polar surface area (TPSA) is 39.4 Å². The van der Waals surface area contributed by atoms with Crippen LogP contribution in [0.5, 0.6) is 0 Å². The first-order chi connectivity index (χ1) is 5.88. The van der Waals surface area contributed by atoms with Crippen LogP contribution >= 0.6 is 0 Å². The van der Waals surface area contributed by atoms with Gasteiger partial charge in [-0.2, -0.15) is 0 Å². The van der Waals surface area contributed by atoms with E-state index in [-0.39, 0.29) is 0 Å². The maximum absolute atomic E-state index is 10.4. The van der Waals surface area contributed by atoms with Gasteiger partial charge in [0.05, 0.1) is 12.9 Å². The number of carbonyl (C=O) groups is 1. The number of aldehydes is 1. The summed E-state index contributed by atoms with van der Waals surface area (Å²) in [6.07, 6.45) is 3.17. The minimum atomic E-state index is 0.367. The Kier molecular flexibility index (Phi) is 3.54. The van der Waals surface area contributed by atoms with Gasteiger partial charge in [0, 0.05) is 12.2 Å². The largest absolute Gasteiger partial charge is 0.461 e. The molecule has 1 rings (SSSR count). The quantitative estimate of drug-likeness (QED) is 0.498. The van der Waals surface area contributed by atoms with Gasteiger partial charge in [-0.1, -0.05) is 6.92 Å². The number of ether oxygens (including phenoxy) is 1. The molecule has 0 radical (unpaired) electrons. The predicted molar refractivity (Wildman–Crippen MR) is 44.0 cm³/mol. The number of hydrogen-bond donors (Lipinski definition) is 0. The minimum Gasteiger partial charge on any atom is -0.461 e. The van der Waals surface area contributed by atoms with Crippen LogP contribution in [0.3, 0.4) is 0 Å². The molecule has 3 nitrogen and oxygen atoms in total. The van der Waals surface area contributed by atoms with Gasteiger partial charge in [0.2, 0.25) is 0 Å². The average molecular weight is 168 g/mol. The number of furan rings is 1. The molecule has 0 unspecified atom stereocenters. The summed E-state index contributed by atoms with van der Waals surface area (Å²) in [5.41, 5.74) is 0.818. The van der Waals surface area contributed by atoms with Crippen molar-refractivity contribution in [3.05, 3.63) is 23.7 Å². The molecule has 0 N–H and O–H groups in total. The minimum absolute atomic E-state index is 0.367. The maximum Gasteiger partial charge on any atom is 0.185 e. The van der Waals surface area contributed by atoms with Crippen molar-refractivity contribution in [3.63, 3.8) is 0 Å². The fourth-order valence-corrected chi connectivity index (χ4v) is 0.896. The standard InChI is InChI=1S/C9H12O3/c1-2-4-11-7-8-3-5-12-9(8)6-10/h3,5-6H,2,4,7H2,1H3. The summed E-state index contributed by atoms with van der Waals surface area (Å²) in [4.78, 5) is 10.4. The van der Waals surface area contributed by atoms with Gasteiger partial charge in [0.1, 0.15) is 0 Å². The molecule has 0 aliphatic carbocycles. The van der Waals surface area contributed by atoms with Crippen LogP contribution in [0, 0.1) is 0 Å². The summed E-state index contributed by atoms with van der Waals surface area (Å²) in [7, 11) is 0. The van der Waals surface area contributed by atoms with E-state index in [0.29, 0.717) is 25.3 Å². The molecule has 0 amide bonds. The SMILES string of the molecule is CCCOCc1ccoc1C=O. The van der Waals surface area contributed by atoms with Crippen LogP contribution in [-0.4, -0.2) is 12.9 Å². The van der Waals surface area contributed by atoms with Crippen LogP contribution < -0.4 is 0 Å². The van der Waals surface area contributed by atoms with E-state index in [0.717, 1.165) is 12.0 Å². The van der Waals surface area contributed by atoms with Gasteiger partial charge < -0.3 is 9.15 Å². The monoisotopic (exact) mass is 168 g/mol. The zero-order chi connectivity index (χ0) is 8.81. The second kappa shape index (κ2) is 4.72. The van der Waals surface area contributed by atoms with Crippen LogP contribution in [0.2, 0.25) is 0 Å². The molecule has 0 saturated carbocycles.